The molecule has 0 radical (unpaired) electrons. The molecule has 83 heavy (non-hydrogen) atoms. The van der Waals surface area contributed by atoms with E-state index in [9.17, 15) is 0 Å². The highest BCUT2D eigenvalue weighted by atomic mass is 14.9. The Balaban J connectivity index is 0.000000242. The van der Waals surface area contributed by atoms with E-state index in [-0.39, 0.29) is 0 Å². The molecular formula is C70H74N13+. The number of H-pyrrole nitrogens is 5. The molecule has 7 aromatic carbocycles. The van der Waals surface area contributed by atoms with E-state index in [1.807, 2.05) is 227 Å². The third-order valence-electron chi connectivity index (χ3n) is 11.4. The van der Waals surface area contributed by atoms with E-state index in [1.54, 1.807) is 37.4 Å². The maximum absolute atomic E-state index is 8.47. The minimum Gasteiger partial charge on any atom is -0.361 e. The first-order valence-corrected chi connectivity index (χ1v) is 26.9. The van der Waals surface area contributed by atoms with Crippen LogP contribution in [0, 0.1) is 84.3 Å². The number of aliphatic imine (C=N–C) groups is 2. The van der Waals surface area contributed by atoms with Crippen molar-refractivity contribution in [3.05, 3.63) is 304 Å². The summed E-state index contributed by atoms with van der Waals surface area (Å²) < 4.78 is 0. The summed E-state index contributed by atoms with van der Waals surface area (Å²) in [6, 6.07) is 61.1. The van der Waals surface area contributed by atoms with Gasteiger partial charge in [-0.05, 0) is 123 Å². The van der Waals surface area contributed by atoms with Crippen LogP contribution >= 0.6 is 0 Å². The van der Waals surface area contributed by atoms with Crippen LogP contribution in [0.2, 0.25) is 0 Å². The second kappa shape index (κ2) is 40.2. The number of hydrogen-bond acceptors (Lipinski definition) is 6. The summed E-state index contributed by atoms with van der Waals surface area (Å²) >= 11 is 0. The molecule has 0 atom stereocenters. The molecule has 13 nitrogen and oxygen atoms in total. The van der Waals surface area contributed by atoms with Crippen LogP contribution in [0.5, 0.6) is 0 Å². The molecule has 0 fully saturated rings. The molecule has 2 aliphatic rings. The molecular weight excluding hydrogens is 1020 g/mol. The standard InChI is InChI=1S/7C8H7N.3C4H6N2.C2H6/c3*1-2-4-8-7(3-1)5-6-9-8;2*1-7-5-3-4-6-8(7)9-2;1-7-3-2-4-8(5-7)6-9;1-7-4-2-3-5-8(7)6-9;3*1-4-2-5-3-6-4;1-2/h2*1-4,6H,5H2;1-6,9H;2*3-6H,1H3;2*2-5H,1H3;3*2-3H,1H3,(H,5,6);1-2H3/p+1. The first-order valence-electron chi connectivity index (χ1n) is 26.9. The van der Waals surface area contributed by atoms with Crippen molar-refractivity contribution in [3.8, 4) is 12.1 Å². The van der Waals surface area contributed by atoms with Crippen molar-refractivity contribution >= 4 is 46.1 Å². The van der Waals surface area contributed by atoms with E-state index in [2.05, 4.69) is 97.0 Å². The molecule has 5 N–H and O–H groups in total. The van der Waals surface area contributed by atoms with Gasteiger partial charge in [0.05, 0.1) is 60.4 Å². The predicted molar refractivity (Wildman–Crippen MR) is 342 cm³/mol. The van der Waals surface area contributed by atoms with Gasteiger partial charge in [-0.1, -0.05) is 147 Å². The summed E-state index contributed by atoms with van der Waals surface area (Å²) in [4.78, 5) is 37.2. The monoisotopic (exact) mass is 1100 g/mol. The van der Waals surface area contributed by atoms with E-state index >= 15 is 0 Å². The maximum atomic E-state index is 8.47. The van der Waals surface area contributed by atoms with Gasteiger partial charge in [-0.15, -0.1) is 0 Å². The van der Waals surface area contributed by atoms with Crippen molar-refractivity contribution in [1.82, 2.24) is 29.9 Å². The summed E-state index contributed by atoms with van der Waals surface area (Å²) in [6.07, 6.45) is 18.4. The van der Waals surface area contributed by atoms with E-state index in [4.69, 9.17) is 23.7 Å². The highest BCUT2D eigenvalue weighted by molar-refractivity contribution is 5.79. The molecule has 0 saturated carbocycles. The molecule has 0 unspecified atom stereocenters. The second-order valence-electron chi connectivity index (χ2n) is 17.8. The Morgan fingerprint density at radius 3 is 1.34 bits per heavy atom. The van der Waals surface area contributed by atoms with Crippen molar-refractivity contribution in [2.75, 3.05) is 0 Å². The zero-order valence-corrected chi connectivity index (χ0v) is 48.9. The van der Waals surface area contributed by atoms with Crippen LogP contribution in [-0.4, -0.2) is 42.3 Å². The minimum absolute atomic E-state index is 0.731. The molecule has 418 valence electrons. The zero-order chi connectivity index (χ0) is 60.3. The largest absolute Gasteiger partial charge is 0.361 e. The lowest BCUT2D eigenvalue weighted by Gasteiger charge is -1.91. The molecule has 2 aliphatic heterocycles. The normalized spacial score (nSPS) is 9.75. The third-order valence-corrected chi connectivity index (χ3v) is 11.4. The number of nitrogens with zero attached hydrogens (tertiary/aromatic N) is 8. The van der Waals surface area contributed by atoms with Crippen LogP contribution < -0.4 is 4.98 Å². The highest BCUT2D eigenvalue weighted by Crippen LogP contribution is 2.23. The number of hydrogen-bond donors (Lipinski definition) is 4. The smallest absolute Gasteiger partial charge is 0.239 e. The Kier molecular flexibility index (Phi) is 32.1. The van der Waals surface area contributed by atoms with E-state index < -0.39 is 0 Å². The van der Waals surface area contributed by atoms with Crippen molar-refractivity contribution in [2.45, 2.75) is 75.2 Å². The Morgan fingerprint density at radius 1 is 0.494 bits per heavy atom. The van der Waals surface area contributed by atoms with Crippen LogP contribution in [0.4, 0.5) is 22.7 Å². The van der Waals surface area contributed by atoms with Gasteiger partial charge in [0.25, 0.3) is 0 Å². The first-order chi connectivity index (χ1) is 40.4. The van der Waals surface area contributed by atoms with Crippen molar-refractivity contribution in [2.24, 2.45) is 9.98 Å². The SMILES string of the molecule is C1=Nc2ccccc2C1.C1=Nc2ccccc2C1.CC.Cc1c[nH+]c[nH]1.Cc1cccc(C#N)c1.Cc1ccccc1C#N.Cc1cnc[nH]1.Cc1cnc[nH]1.[C-]#[N+]c1ccccc1C.[C-]#[N+]c1ccccc1C.c1ccc2[nH]ccc2c1. The number of nitrogens with one attached hydrogen (secondary N) is 5. The fourth-order valence-electron chi connectivity index (χ4n) is 6.90. The van der Waals surface area contributed by atoms with Crippen LogP contribution in [-0.2, 0) is 12.8 Å². The third kappa shape index (κ3) is 27.0. The second-order valence-corrected chi connectivity index (χ2v) is 17.8. The zero-order valence-electron chi connectivity index (χ0n) is 48.9. The summed E-state index contributed by atoms with van der Waals surface area (Å²) in [5, 5.41) is 18.2. The molecule has 0 bridgehead atoms. The minimum atomic E-state index is 0.731. The van der Waals surface area contributed by atoms with Crippen LogP contribution in [0.25, 0.3) is 20.6 Å². The topological polar surface area (TPSA) is 184 Å². The number of fused-ring (bicyclic) bond motifs is 3. The van der Waals surface area contributed by atoms with Gasteiger partial charge < -0.3 is 15.0 Å². The van der Waals surface area contributed by atoms with Gasteiger partial charge in [-0.25, -0.2) is 24.6 Å². The molecule has 0 spiro atoms. The number of para-hydroxylation sites is 5. The molecule has 13 rings (SSSR count). The van der Waals surface area contributed by atoms with Gasteiger partial charge in [0, 0.05) is 67.7 Å². The van der Waals surface area contributed by atoms with Crippen LogP contribution in [0.1, 0.15) is 75.4 Å². The predicted octanol–water partition coefficient (Wildman–Crippen LogP) is 17.5. The molecule has 11 aromatic rings. The number of aromatic amines is 5. The molecule has 0 saturated heterocycles. The van der Waals surface area contributed by atoms with Gasteiger partial charge in [-0.3, -0.25) is 15.0 Å². The maximum Gasteiger partial charge on any atom is 0.239 e. The van der Waals surface area contributed by atoms with Gasteiger partial charge in [0.1, 0.15) is 11.9 Å². The number of imidazole rings is 3. The van der Waals surface area contributed by atoms with Crippen molar-refractivity contribution < 1.29 is 4.98 Å². The Morgan fingerprint density at radius 2 is 0.988 bits per heavy atom. The molecule has 4 aromatic heterocycles. The van der Waals surface area contributed by atoms with Crippen LogP contribution in [0.15, 0.2) is 230 Å². The summed E-state index contributed by atoms with van der Waals surface area (Å²) in [7, 11) is 0. The summed E-state index contributed by atoms with van der Waals surface area (Å²) in [5.41, 5.74) is 16.8. The van der Waals surface area contributed by atoms with Crippen LogP contribution in [0.3, 0.4) is 0 Å². The molecule has 13 heteroatoms. The summed E-state index contributed by atoms with van der Waals surface area (Å²) in [6.45, 7) is 31.1. The number of nitriles is 2. The Bertz CT molecular complexity index is 3440. The molecule has 0 aliphatic carbocycles. The average molecular weight is 1100 g/mol. The van der Waals surface area contributed by atoms with Gasteiger partial charge >= 0.3 is 0 Å². The lowest BCUT2D eigenvalue weighted by Crippen LogP contribution is -1.88. The van der Waals surface area contributed by atoms with Gasteiger partial charge in [0.15, 0.2) is 11.4 Å². The van der Waals surface area contributed by atoms with E-state index in [0.29, 0.717) is 0 Å². The van der Waals surface area contributed by atoms with Gasteiger partial charge in [-0.2, -0.15) is 10.5 Å². The number of benzene rings is 7. The fraction of sp³-hybridized carbons (Fsp3) is 0.157. The van der Waals surface area contributed by atoms with Crippen molar-refractivity contribution in [1.29, 1.82) is 10.5 Å². The summed E-state index contributed by atoms with van der Waals surface area (Å²) in [5.74, 6) is 0. The number of aryl methyl sites for hydroxylation is 7. The Hall–Kier alpha value is -11.0. The van der Waals surface area contributed by atoms with E-state index in [0.717, 1.165) is 86.1 Å². The van der Waals surface area contributed by atoms with Gasteiger partial charge in [0.2, 0.25) is 6.33 Å². The van der Waals surface area contributed by atoms with Crippen molar-refractivity contribution in [3.63, 3.8) is 0 Å². The number of aromatic nitrogens is 7. The number of rotatable bonds is 0. The first kappa shape index (κ1) is 66.3. The lowest BCUT2D eigenvalue weighted by atomic mass is 10.1. The Labute approximate surface area is 490 Å². The average Bonchev–Trinajstić information content (AvgIpc) is 4.49. The molecule has 0 amide bonds. The lowest BCUT2D eigenvalue weighted by molar-refractivity contribution is -0.376. The highest BCUT2D eigenvalue weighted by Gasteiger charge is 2.03. The fourth-order valence-corrected chi connectivity index (χ4v) is 6.90. The molecule has 6 heterocycles. The quantitative estimate of drug-likeness (QED) is 0.110. The van der Waals surface area contributed by atoms with E-state index in [1.165, 1.54) is 22.0 Å².